The zero-order valence-electron chi connectivity index (χ0n) is 16.2. The maximum absolute atomic E-state index is 11.1. The summed E-state index contributed by atoms with van der Waals surface area (Å²) in [5.41, 5.74) is 0. The minimum Gasteiger partial charge on any atom is -0.303 e. The largest absolute Gasteiger partial charge is 0.303 e. The van der Waals surface area contributed by atoms with Crippen LogP contribution in [0.5, 0.6) is 0 Å². The maximum Gasteiger partial charge on any atom is 0.249 e. The molecule has 0 heterocycles. The SMILES string of the molecule is CCCCC/C=C\C/C=C/C(/C=C\C/C=C\CCCCCC=O)[N+](=O)[O-]. The molecule has 0 bridgehead atoms. The highest BCUT2D eigenvalue weighted by molar-refractivity contribution is 5.48. The highest BCUT2D eigenvalue weighted by atomic mass is 16.6. The number of hydrogen-bond acceptors (Lipinski definition) is 3. The molecule has 0 saturated carbocycles. The second-order valence-corrected chi connectivity index (χ2v) is 6.35. The molecule has 4 heteroatoms. The summed E-state index contributed by atoms with van der Waals surface area (Å²) in [5.74, 6) is 0. The Morgan fingerprint density at radius 3 is 1.81 bits per heavy atom. The van der Waals surface area contributed by atoms with Crippen molar-refractivity contribution in [1.82, 2.24) is 0 Å². The Hall–Kier alpha value is -1.97. The van der Waals surface area contributed by atoms with Crippen LogP contribution >= 0.6 is 0 Å². The van der Waals surface area contributed by atoms with E-state index in [9.17, 15) is 14.9 Å². The summed E-state index contributed by atoms with van der Waals surface area (Å²) in [5, 5.41) is 11.1. The molecule has 0 aromatic heterocycles. The molecule has 146 valence electrons. The third-order valence-corrected chi connectivity index (χ3v) is 3.95. The lowest BCUT2D eigenvalue weighted by Crippen LogP contribution is -2.13. The number of allylic oxidation sites excluding steroid dienone is 6. The lowest BCUT2D eigenvalue weighted by atomic mass is 10.1. The van der Waals surface area contributed by atoms with Crippen molar-refractivity contribution in [2.75, 3.05) is 0 Å². The number of carbonyl (C=O) groups is 1. The van der Waals surface area contributed by atoms with Crippen LogP contribution in [0.3, 0.4) is 0 Å². The van der Waals surface area contributed by atoms with E-state index in [-0.39, 0.29) is 4.92 Å². The second-order valence-electron chi connectivity index (χ2n) is 6.35. The van der Waals surface area contributed by atoms with Crippen molar-refractivity contribution in [1.29, 1.82) is 0 Å². The van der Waals surface area contributed by atoms with Crippen molar-refractivity contribution in [2.45, 2.75) is 83.6 Å². The van der Waals surface area contributed by atoms with Gasteiger partial charge >= 0.3 is 0 Å². The summed E-state index contributed by atoms with van der Waals surface area (Å²) < 4.78 is 0. The smallest absolute Gasteiger partial charge is 0.249 e. The van der Waals surface area contributed by atoms with Gasteiger partial charge in [-0.25, -0.2) is 0 Å². The molecular weight excluding hydrogens is 326 g/mol. The van der Waals surface area contributed by atoms with E-state index in [1.165, 1.54) is 19.3 Å². The van der Waals surface area contributed by atoms with Crippen molar-refractivity contribution < 1.29 is 9.72 Å². The van der Waals surface area contributed by atoms with Gasteiger partial charge in [-0.05, 0) is 57.1 Å². The number of aldehydes is 1. The van der Waals surface area contributed by atoms with Crippen molar-refractivity contribution >= 4 is 6.29 Å². The number of unbranched alkanes of at least 4 members (excludes halogenated alkanes) is 7. The summed E-state index contributed by atoms with van der Waals surface area (Å²) in [7, 11) is 0. The molecule has 0 rings (SSSR count). The third kappa shape index (κ3) is 16.9. The highest BCUT2D eigenvalue weighted by Crippen LogP contribution is 2.04. The normalized spacial score (nSPS) is 13.4. The fourth-order valence-corrected chi connectivity index (χ4v) is 2.40. The summed E-state index contributed by atoms with van der Waals surface area (Å²) in [6, 6.07) is -0.750. The van der Waals surface area contributed by atoms with Gasteiger partial charge in [-0.3, -0.25) is 10.1 Å². The Labute approximate surface area is 158 Å². The Balaban J connectivity index is 3.96. The Morgan fingerprint density at radius 2 is 1.31 bits per heavy atom. The number of rotatable bonds is 17. The summed E-state index contributed by atoms with van der Waals surface area (Å²) in [4.78, 5) is 21.0. The van der Waals surface area contributed by atoms with Gasteiger partial charge in [-0.1, -0.05) is 62.6 Å². The van der Waals surface area contributed by atoms with Crippen LogP contribution in [0.15, 0.2) is 48.6 Å². The molecule has 0 saturated heterocycles. The molecule has 26 heavy (non-hydrogen) atoms. The first-order chi connectivity index (χ1) is 12.7. The van der Waals surface area contributed by atoms with Gasteiger partial charge < -0.3 is 4.79 Å². The van der Waals surface area contributed by atoms with E-state index < -0.39 is 6.04 Å². The van der Waals surface area contributed by atoms with Crippen molar-refractivity contribution in [3.63, 3.8) is 0 Å². The van der Waals surface area contributed by atoms with Crippen LogP contribution in [0.1, 0.15) is 77.6 Å². The Bertz CT molecular complexity index is 464. The first-order valence-electron chi connectivity index (χ1n) is 9.92. The summed E-state index contributed by atoms with van der Waals surface area (Å²) in [6.45, 7) is 2.19. The molecule has 4 nitrogen and oxygen atoms in total. The molecule has 0 fully saturated rings. The molecule has 0 spiro atoms. The first-order valence-corrected chi connectivity index (χ1v) is 9.92. The number of nitrogens with zero attached hydrogens (tertiary/aromatic N) is 1. The minimum absolute atomic E-state index is 0.269. The van der Waals surface area contributed by atoms with Gasteiger partial charge in [0, 0.05) is 11.3 Å². The van der Waals surface area contributed by atoms with Crippen molar-refractivity contribution in [3.05, 3.63) is 58.7 Å². The Morgan fingerprint density at radius 1 is 0.769 bits per heavy atom. The lowest BCUT2D eigenvalue weighted by Gasteiger charge is -1.97. The van der Waals surface area contributed by atoms with Gasteiger partial charge in [0.05, 0.1) is 0 Å². The average Bonchev–Trinajstić information content (AvgIpc) is 2.63. The zero-order chi connectivity index (χ0) is 19.3. The monoisotopic (exact) mass is 361 g/mol. The van der Waals surface area contributed by atoms with E-state index in [2.05, 4.69) is 25.2 Å². The van der Waals surface area contributed by atoms with Crippen LogP contribution in [-0.2, 0) is 4.79 Å². The minimum atomic E-state index is -0.750. The van der Waals surface area contributed by atoms with E-state index in [0.717, 1.165) is 44.8 Å². The first kappa shape index (κ1) is 24.0. The molecule has 0 radical (unpaired) electrons. The van der Waals surface area contributed by atoms with E-state index in [1.807, 2.05) is 18.2 Å². The molecule has 0 amide bonds. The molecule has 0 aromatic carbocycles. The van der Waals surface area contributed by atoms with Crippen molar-refractivity contribution in [2.24, 2.45) is 0 Å². The fourth-order valence-electron chi connectivity index (χ4n) is 2.40. The lowest BCUT2D eigenvalue weighted by molar-refractivity contribution is -0.496. The van der Waals surface area contributed by atoms with Gasteiger partial charge in [0.15, 0.2) is 0 Å². The quantitative estimate of drug-likeness (QED) is 0.0994. The third-order valence-electron chi connectivity index (χ3n) is 3.95. The number of carbonyl (C=O) groups excluding carboxylic acids is 1. The Kier molecular flexibility index (Phi) is 17.9. The van der Waals surface area contributed by atoms with Gasteiger partial charge in [0.1, 0.15) is 6.29 Å². The molecule has 0 aliphatic heterocycles. The van der Waals surface area contributed by atoms with Crippen LogP contribution in [-0.4, -0.2) is 17.3 Å². The van der Waals surface area contributed by atoms with Crippen LogP contribution in [0.25, 0.3) is 0 Å². The van der Waals surface area contributed by atoms with E-state index in [0.29, 0.717) is 12.8 Å². The molecular formula is C22H35NO3. The molecule has 0 aliphatic rings. The van der Waals surface area contributed by atoms with Gasteiger partial charge in [0.25, 0.3) is 0 Å². The van der Waals surface area contributed by atoms with E-state index in [1.54, 1.807) is 12.2 Å². The molecule has 0 N–H and O–H groups in total. The highest BCUT2D eigenvalue weighted by Gasteiger charge is 2.09. The predicted octanol–water partition coefficient (Wildman–Crippen LogP) is 6.37. The maximum atomic E-state index is 11.1. The second kappa shape index (κ2) is 19.4. The molecule has 1 atom stereocenters. The van der Waals surface area contributed by atoms with E-state index >= 15 is 0 Å². The standard InChI is InChI=1S/C22H35NO3/c1-2-3-4-5-6-10-13-16-19-22(23(25)26)20-17-14-11-8-7-9-12-15-18-21-24/h6,8,10-11,16-17,19-22H,2-5,7,9,12-15,18H2,1H3/b10-6-,11-8-,19-16+,20-17-. The zero-order valence-corrected chi connectivity index (χ0v) is 16.2. The molecule has 0 aliphatic carbocycles. The van der Waals surface area contributed by atoms with E-state index in [4.69, 9.17) is 0 Å². The summed E-state index contributed by atoms with van der Waals surface area (Å²) in [6.07, 6.45) is 27.3. The van der Waals surface area contributed by atoms with Crippen LogP contribution in [0.4, 0.5) is 0 Å². The molecule has 1 unspecified atom stereocenters. The van der Waals surface area contributed by atoms with Gasteiger partial charge in [-0.15, -0.1) is 0 Å². The van der Waals surface area contributed by atoms with Crippen LogP contribution in [0, 0.1) is 10.1 Å². The number of nitro groups is 1. The number of hydrogen-bond donors (Lipinski definition) is 0. The topological polar surface area (TPSA) is 60.2 Å². The van der Waals surface area contributed by atoms with Crippen LogP contribution in [0.2, 0.25) is 0 Å². The van der Waals surface area contributed by atoms with Crippen LogP contribution < -0.4 is 0 Å². The average molecular weight is 362 g/mol. The van der Waals surface area contributed by atoms with Gasteiger partial charge in [0.2, 0.25) is 6.04 Å². The predicted molar refractivity (Wildman–Crippen MR) is 110 cm³/mol. The van der Waals surface area contributed by atoms with Gasteiger partial charge in [-0.2, -0.15) is 0 Å². The fraction of sp³-hybridized carbons (Fsp3) is 0.591. The van der Waals surface area contributed by atoms with Crippen molar-refractivity contribution in [3.8, 4) is 0 Å². The molecule has 0 aromatic rings. The summed E-state index contributed by atoms with van der Waals surface area (Å²) >= 11 is 0.